The van der Waals surface area contributed by atoms with Crippen LogP contribution in [0.3, 0.4) is 0 Å². The van der Waals surface area contributed by atoms with Gasteiger partial charge in [0.15, 0.2) is 0 Å². The number of carbonyl (C=O) groups excluding carboxylic acids is 2. The predicted octanol–water partition coefficient (Wildman–Crippen LogP) is 2.60. The number of aromatic nitrogens is 3. The summed E-state index contributed by atoms with van der Waals surface area (Å²) in [6, 6.07) is 14.3. The molecule has 1 atom stereocenters. The van der Waals surface area contributed by atoms with Crippen LogP contribution in [0.25, 0.3) is 10.9 Å². The van der Waals surface area contributed by atoms with Crippen LogP contribution in [0.1, 0.15) is 21.6 Å². The van der Waals surface area contributed by atoms with Crippen molar-refractivity contribution in [3.8, 4) is 0 Å². The molecule has 4 N–H and O–H groups in total. The average Bonchev–Trinajstić information content (AvgIpc) is 3.32. The maximum Gasteiger partial charge on any atom is 0.251 e. The number of halogens is 1. The lowest BCUT2D eigenvalue weighted by Crippen LogP contribution is -2.48. The molecule has 0 aliphatic carbocycles. The number of fused-ring (bicyclic) bond motifs is 1. The smallest absolute Gasteiger partial charge is 0.251 e. The number of nitrogens with one attached hydrogen (secondary N) is 4. The summed E-state index contributed by atoms with van der Waals surface area (Å²) in [6.45, 7) is 0.366. The Morgan fingerprint density at radius 1 is 1.09 bits per heavy atom. The van der Waals surface area contributed by atoms with Gasteiger partial charge in [-0.05, 0) is 35.9 Å². The molecule has 2 amide bonds. The maximum absolute atomic E-state index is 13.1. The van der Waals surface area contributed by atoms with Gasteiger partial charge in [0.2, 0.25) is 11.5 Å². The third-order valence-electron chi connectivity index (χ3n) is 5.24. The zero-order valence-corrected chi connectivity index (χ0v) is 18.4. The first-order valence-corrected chi connectivity index (χ1v) is 10.8. The number of amides is 2. The summed E-state index contributed by atoms with van der Waals surface area (Å²) >= 11 is 5.91. The van der Waals surface area contributed by atoms with Crippen molar-refractivity contribution in [2.75, 3.05) is 6.54 Å². The van der Waals surface area contributed by atoms with Gasteiger partial charge in [0, 0.05) is 58.8 Å². The molecule has 8 nitrogen and oxygen atoms in total. The quantitative estimate of drug-likeness (QED) is 0.321. The van der Waals surface area contributed by atoms with Crippen LogP contribution in [-0.2, 0) is 17.6 Å². The molecule has 33 heavy (non-hydrogen) atoms. The topological polar surface area (TPSA) is 120 Å². The molecule has 4 rings (SSSR count). The number of H-pyrrole nitrogens is 2. The molecule has 0 saturated carbocycles. The number of benzene rings is 2. The molecule has 0 saturated heterocycles. The molecule has 2 aromatic heterocycles. The number of para-hydroxylation sites is 1. The minimum absolute atomic E-state index is 0.152. The molecule has 2 heterocycles. The summed E-state index contributed by atoms with van der Waals surface area (Å²) in [6.07, 6.45) is 3.98. The molecule has 0 fully saturated rings. The number of pyridine rings is 1. The molecule has 1 unspecified atom stereocenters. The second-order valence-electron chi connectivity index (χ2n) is 7.56. The number of nitrogens with zero attached hydrogens (tertiary/aromatic N) is 1. The van der Waals surface area contributed by atoms with Crippen molar-refractivity contribution in [2.45, 2.75) is 18.9 Å². The maximum atomic E-state index is 13.1. The van der Waals surface area contributed by atoms with Gasteiger partial charge in [-0.15, -0.1) is 0 Å². The van der Waals surface area contributed by atoms with Crippen molar-refractivity contribution in [3.63, 3.8) is 0 Å². The van der Waals surface area contributed by atoms with Crippen molar-refractivity contribution < 1.29 is 9.59 Å². The zero-order chi connectivity index (χ0) is 23.2. The highest BCUT2D eigenvalue weighted by Crippen LogP contribution is 2.17. The molecule has 0 aliphatic heterocycles. The zero-order valence-electron chi connectivity index (χ0n) is 17.6. The fraction of sp³-hybridized carbons (Fsp3) is 0.167. The highest BCUT2D eigenvalue weighted by Gasteiger charge is 2.23. The number of imidazole rings is 1. The largest absolute Gasteiger partial charge is 0.354 e. The van der Waals surface area contributed by atoms with Gasteiger partial charge >= 0.3 is 0 Å². The van der Waals surface area contributed by atoms with Gasteiger partial charge in [-0.1, -0.05) is 29.8 Å². The second-order valence-corrected chi connectivity index (χ2v) is 8.00. The van der Waals surface area contributed by atoms with E-state index in [2.05, 4.69) is 25.6 Å². The van der Waals surface area contributed by atoms with Crippen LogP contribution in [-0.4, -0.2) is 39.4 Å². The number of rotatable bonds is 8. The minimum Gasteiger partial charge on any atom is -0.354 e. The number of aromatic amines is 2. The predicted molar refractivity (Wildman–Crippen MR) is 126 cm³/mol. The number of carbonyl (C=O) groups is 2. The molecule has 0 spiro atoms. The summed E-state index contributed by atoms with van der Waals surface area (Å²) in [5.74, 6) is -0.754. The Bertz CT molecular complexity index is 1320. The average molecular weight is 464 g/mol. The number of hydrogen-bond acceptors (Lipinski definition) is 4. The molecular weight excluding hydrogens is 442 g/mol. The van der Waals surface area contributed by atoms with E-state index in [0.717, 1.165) is 11.1 Å². The van der Waals surface area contributed by atoms with Crippen LogP contribution in [0.2, 0.25) is 5.02 Å². The van der Waals surface area contributed by atoms with E-state index in [-0.39, 0.29) is 17.9 Å². The van der Waals surface area contributed by atoms with Gasteiger partial charge in [-0.3, -0.25) is 14.4 Å². The second kappa shape index (κ2) is 10.1. The lowest BCUT2D eigenvalue weighted by molar-refractivity contribution is -0.122. The Hall–Kier alpha value is -3.91. The van der Waals surface area contributed by atoms with Gasteiger partial charge in [0.05, 0.1) is 6.33 Å². The van der Waals surface area contributed by atoms with E-state index < -0.39 is 11.9 Å². The van der Waals surface area contributed by atoms with Crippen LogP contribution in [0, 0.1) is 0 Å². The molecule has 2 aromatic carbocycles. The molecule has 9 heteroatoms. The van der Waals surface area contributed by atoms with Gasteiger partial charge in [0.25, 0.3) is 5.91 Å². The third-order valence-corrected chi connectivity index (χ3v) is 5.49. The molecule has 0 radical (unpaired) electrons. The summed E-state index contributed by atoms with van der Waals surface area (Å²) in [4.78, 5) is 47.8. The van der Waals surface area contributed by atoms with E-state index in [0.29, 0.717) is 34.6 Å². The van der Waals surface area contributed by atoms with Crippen LogP contribution in [0.4, 0.5) is 0 Å². The first-order chi connectivity index (χ1) is 16.0. The van der Waals surface area contributed by atoms with Crippen molar-refractivity contribution in [1.82, 2.24) is 25.6 Å². The molecule has 0 bridgehead atoms. The van der Waals surface area contributed by atoms with Gasteiger partial charge < -0.3 is 20.6 Å². The summed E-state index contributed by atoms with van der Waals surface area (Å²) in [5, 5.41) is 6.99. The van der Waals surface area contributed by atoms with Gasteiger partial charge in [-0.2, -0.15) is 0 Å². The van der Waals surface area contributed by atoms with E-state index in [1.807, 2.05) is 18.2 Å². The SMILES string of the molecule is O=C(NC(Cc1cc(=O)[nH]c2ccccc12)C(=O)NCCc1cnc[nH]1)c1ccc(Cl)cc1. The Labute approximate surface area is 194 Å². The van der Waals surface area contributed by atoms with E-state index >= 15 is 0 Å². The van der Waals surface area contributed by atoms with Crippen LogP contribution >= 0.6 is 11.6 Å². The summed E-state index contributed by atoms with van der Waals surface area (Å²) in [5.41, 5.74) is 2.33. The van der Waals surface area contributed by atoms with Crippen LogP contribution < -0.4 is 16.2 Å². The Kier molecular flexibility index (Phi) is 6.85. The standard InChI is InChI=1S/C24H22ClN5O3/c25-17-7-5-15(6-8-17)23(32)30-21(24(33)27-10-9-18-13-26-14-28-18)11-16-12-22(31)29-20-4-2-1-3-19(16)20/h1-8,12-14,21H,9-11H2,(H,26,28)(H,27,33)(H,29,31)(H,30,32). The lowest BCUT2D eigenvalue weighted by atomic mass is 10.0. The normalized spacial score (nSPS) is 11.8. The fourth-order valence-electron chi connectivity index (χ4n) is 3.58. The van der Waals surface area contributed by atoms with Crippen LogP contribution in [0.5, 0.6) is 0 Å². The highest BCUT2D eigenvalue weighted by atomic mass is 35.5. The van der Waals surface area contributed by atoms with Gasteiger partial charge in [0.1, 0.15) is 6.04 Å². The van der Waals surface area contributed by atoms with E-state index in [4.69, 9.17) is 11.6 Å². The molecule has 4 aromatic rings. The Morgan fingerprint density at radius 3 is 2.64 bits per heavy atom. The van der Waals surface area contributed by atoms with E-state index in [1.165, 1.54) is 6.07 Å². The van der Waals surface area contributed by atoms with Crippen molar-refractivity contribution in [2.24, 2.45) is 0 Å². The van der Waals surface area contributed by atoms with Crippen LogP contribution in [0.15, 0.2) is 71.9 Å². The van der Waals surface area contributed by atoms with E-state index in [1.54, 1.807) is 42.9 Å². The Morgan fingerprint density at radius 2 is 1.88 bits per heavy atom. The van der Waals surface area contributed by atoms with Crippen molar-refractivity contribution in [1.29, 1.82) is 0 Å². The first-order valence-electron chi connectivity index (χ1n) is 10.4. The Balaban J connectivity index is 1.56. The first kappa shape index (κ1) is 22.3. The number of hydrogen-bond donors (Lipinski definition) is 4. The molecule has 168 valence electrons. The fourth-order valence-corrected chi connectivity index (χ4v) is 3.71. The van der Waals surface area contributed by atoms with Crippen molar-refractivity contribution >= 4 is 34.3 Å². The lowest BCUT2D eigenvalue weighted by Gasteiger charge is -2.19. The molecule has 0 aliphatic rings. The summed E-state index contributed by atoms with van der Waals surface area (Å²) < 4.78 is 0. The highest BCUT2D eigenvalue weighted by molar-refractivity contribution is 6.30. The third kappa shape index (κ3) is 5.67. The minimum atomic E-state index is -0.889. The van der Waals surface area contributed by atoms with E-state index in [9.17, 15) is 14.4 Å². The monoisotopic (exact) mass is 463 g/mol. The summed E-state index contributed by atoms with van der Waals surface area (Å²) in [7, 11) is 0. The van der Waals surface area contributed by atoms with Crippen molar-refractivity contribution in [3.05, 3.63) is 99.3 Å². The molecular formula is C24H22ClN5O3. The van der Waals surface area contributed by atoms with Gasteiger partial charge in [-0.25, -0.2) is 4.98 Å².